The van der Waals surface area contributed by atoms with Crippen molar-refractivity contribution < 1.29 is 4.42 Å². The zero-order chi connectivity index (χ0) is 28.0. The highest BCUT2D eigenvalue weighted by Crippen LogP contribution is 2.64. The summed E-state index contributed by atoms with van der Waals surface area (Å²) in [5.74, 6) is 0.338. The van der Waals surface area contributed by atoms with Crippen LogP contribution in [0.15, 0.2) is 134 Å². The second kappa shape index (κ2) is 9.13. The van der Waals surface area contributed by atoms with Crippen LogP contribution in [-0.2, 0) is 11.8 Å². The van der Waals surface area contributed by atoms with E-state index < -0.39 is 5.41 Å². The Hall–Kier alpha value is -3.73. The lowest BCUT2D eigenvalue weighted by Gasteiger charge is -2.42. The van der Waals surface area contributed by atoms with Gasteiger partial charge in [-0.25, -0.2) is 0 Å². The van der Waals surface area contributed by atoms with E-state index in [1.807, 2.05) is 12.3 Å². The summed E-state index contributed by atoms with van der Waals surface area (Å²) in [7, 11) is 0. The van der Waals surface area contributed by atoms with Crippen LogP contribution in [0.3, 0.4) is 0 Å². The Labute approximate surface area is 261 Å². The van der Waals surface area contributed by atoms with Gasteiger partial charge in [0.2, 0.25) is 0 Å². The van der Waals surface area contributed by atoms with Crippen LogP contribution in [0.4, 0.5) is 0 Å². The van der Waals surface area contributed by atoms with Crippen LogP contribution in [0, 0.1) is 11.8 Å². The molecular weight excluding hydrogens is 646 g/mol. The lowest BCUT2D eigenvalue weighted by Crippen LogP contribution is -2.39. The second-order valence-electron chi connectivity index (χ2n) is 11.6. The molecule has 9 rings (SSSR count). The zero-order valence-corrected chi connectivity index (χ0v) is 25.8. The number of hydrogen-bond acceptors (Lipinski definition) is 2. The zero-order valence-electron chi connectivity index (χ0n) is 22.6. The molecule has 0 saturated heterocycles. The quantitative estimate of drug-likeness (QED) is 0.172. The average molecular weight is 671 g/mol. The molecule has 0 saturated carbocycles. The molecule has 1 aliphatic heterocycles. The number of furan rings is 1. The first-order valence-corrected chi connectivity index (χ1v) is 16.1. The molecule has 0 N–H and O–H groups in total. The van der Waals surface area contributed by atoms with Gasteiger partial charge in [-0.1, -0.05) is 129 Å². The maximum absolute atomic E-state index is 6.81. The smallest absolute Gasteiger partial charge is 0.144 e. The third kappa shape index (κ3) is 3.23. The Bertz CT molecular complexity index is 2110. The summed E-state index contributed by atoms with van der Waals surface area (Å²) in [6, 6.07) is 30.6. The van der Waals surface area contributed by atoms with E-state index in [0.29, 0.717) is 0 Å². The normalized spacial score (nSPS) is 25.4. The van der Waals surface area contributed by atoms with Crippen LogP contribution in [0.1, 0.15) is 27.8 Å². The van der Waals surface area contributed by atoms with E-state index in [1.165, 1.54) is 39.0 Å². The van der Waals surface area contributed by atoms with Crippen molar-refractivity contribution in [2.45, 2.75) is 16.7 Å². The Morgan fingerprint density at radius 1 is 0.905 bits per heavy atom. The van der Waals surface area contributed by atoms with Crippen molar-refractivity contribution in [2.75, 3.05) is 0 Å². The van der Waals surface area contributed by atoms with Crippen LogP contribution in [0.2, 0.25) is 0 Å². The van der Waals surface area contributed by atoms with Gasteiger partial charge in [-0.05, 0) is 58.4 Å². The molecule has 1 aromatic heterocycles. The molecule has 0 fully saturated rings. The molecule has 4 aromatic carbocycles. The molecule has 4 heteroatoms. The molecule has 2 heterocycles. The van der Waals surface area contributed by atoms with E-state index in [9.17, 15) is 0 Å². The van der Waals surface area contributed by atoms with Crippen molar-refractivity contribution in [1.29, 1.82) is 0 Å². The van der Waals surface area contributed by atoms with E-state index in [2.05, 4.69) is 141 Å². The number of aliphatic imine (C=N–C) groups is 1. The lowest BCUT2D eigenvalue weighted by molar-refractivity contribution is 0.448. The number of fused-ring (bicyclic) bond motifs is 9. The van der Waals surface area contributed by atoms with Gasteiger partial charge in [-0.2, -0.15) is 0 Å². The van der Waals surface area contributed by atoms with Gasteiger partial charge < -0.3 is 4.42 Å². The summed E-state index contributed by atoms with van der Waals surface area (Å²) in [4.78, 5) is 5.22. The van der Waals surface area contributed by atoms with E-state index in [4.69, 9.17) is 9.41 Å². The maximum Gasteiger partial charge on any atom is 0.144 e. The molecule has 42 heavy (non-hydrogen) atoms. The highest BCUT2D eigenvalue weighted by molar-refractivity contribution is 9.10. The third-order valence-corrected chi connectivity index (χ3v) is 11.1. The summed E-state index contributed by atoms with van der Waals surface area (Å²) in [5, 5.41) is 2.25. The molecule has 4 unspecified atom stereocenters. The van der Waals surface area contributed by atoms with Gasteiger partial charge in [-0.15, -0.1) is 0 Å². The molecule has 0 radical (unpaired) electrons. The molecule has 4 atom stereocenters. The molecule has 0 bridgehead atoms. The number of allylic oxidation sites excluding steroid dienone is 6. The Morgan fingerprint density at radius 3 is 2.62 bits per heavy atom. The van der Waals surface area contributed by atoms with Gasteiger partial charge in [0.15, 0.2) is 0 Å². The van der Waals surface area contributed by atoms with Crippen LogP contribution >= 0.6 is 31.9 Å². The number of dihydropyridines is 1. The lowest BCUT2D eigenvalue weighted by atomic mass is 9.60. The Morgan fingerprint density at radius 2 is 1.71 bits per heavy atom. The van der Waals surface area contributed by atoms with E-state index >= 15 is 0 Å². The summed E-state index contributed by atoms with van der Waals surface area (Å²) >= 11 is 8.13. The van der Waals surface area contributed by atoms with Gasteiger partial charge in [0.05, 0.1) is 11.1 Å². The first-order chi connectivity index (χ1) is 20.7. The summed E-state index contributed by atoms with van der Waals surface area (Å²) < 4.78 is 7.87. The fraction of sp³-hybridized carbons (Fsp3) is 0.132. The predicted molar refractivity (Wildman–Crippen MR) is 180 cm³/mol. The molecule has 2 nitrogen and oxygen atoms in total. The van der Waals surface area contributed by atoms with E-state index in [1.54, 1.807) is 0 Å². The number of para-hydroxylation sites is 1. The standard InChI is InChI=1S/C38H25Br2NO/c39-30-20-28-34(36-26(30)14-8-18-41-36)35-29(21-31(40)33-27-13-6-7-15-32(27)42-37(33)35)38(28,24-11-2-1-3-12-24)25-17-16-22-9-4-5-10-23(22)19-25/h1-18,20-21,25-26,30H,19H2. The maximum atomic E-state index is 6.81. The van der Waals surface area contributed by atoms with Crippen molar-refractivity contribution in [1.82, 2.24) is 0 Å². The van der Waals surface area contributed by atoms with Gasteiger partial charge in [0.25, 0.3) is 0 Å². The minimum Gasteiger partial charge on any atom is -0.455 e. The first-order valence-electron chi connectivity index (χ1n) is 14.4. The third-order valence-electron chi connectivity index (χ3n) is 9.62. The molecule has 4 aliphatic rings. The Balaban J connectivity index is 1.46. The van der Waals surface area contributed by atoms with Gasteiger partial charge in [0, 0.05) is 43.3 Å². The number of benzene rings is 4. The van der Waals surface area contributed by atoms with E-state index in [-0.39, 0.29) is 16.7 Å². The SMILES string of the molecule is Brc1cc2c(c3oc4ccccc4c13)C1=C3N=CC=CC3C(Br)C=C1C2(c1ccccc1)C1C=Cc2ccccc2C1. The van der Waals surface area contributed by atoms with Crippen LogP contribution in [0.25, 0.3) is 33.6 Å². The molecule has 202 valence electrons. The van der Waals surface area contributed by atoms with Crippen molar-refractivity contribution >= 4 is 71.7 Å². The van der Waals surface area contributed by atoms with Crippen molar-refractivity contribution in [3.8, 4) is 0 Å². The molecule has 5 aromatic rings. The van der Waals surface area contributed by atoms with Crippen molar-refractivity contribution in [3.05, 3.63) is 153 Å². The Kier molecular flexibility index (Phi) is 5.40. The first kappa shape index (κ1) is 24.8. The van der Waals surface area contributed by atoms with Gasteiger partial charge >= 0.3 is 0 Å². The topological polar surface area (TPSA) is 25.5 Å². The fourth-order valence-electron chi connectivity index (χ4n) is 7.92. The number of rotatable bonds is 2. The van der Waals surface area contributed by atoms with Crippen molar-refractivity contribution in [3.63, 3.8) is 0 Å². The monoisotopic (exact) mass is 669 g/mol. The second-order valence-corrected chi connectivity index (χ2v) is 13.5. The highest BCUT2D eigenvalue weighted by atomic mass is 79.9. The number of nitrogens with zero attached hydrogens (tertiary/aromatic N) is 1. The fourth-order valence-corrected chi connectivity index (χ4v) is 9.23. The summed E-state index contributed by atoms with van der Waals surface area (Å²) in [5.41, 5.74) is 11.5. The number of alkyl halides is 1. The average Bonchev–Trinajstić information content (AvgIpc) is 3.56. The minimum atomic E-state index is -0.438. The molecular formula is C38H25Br2NO. The van der Waals surface area contributed by atoms with Gasteiger partial charge in [0.1, 0.15) is 11.2 Å². The van der Waals surface area contributed by atoms with Gasteiger partial charge in [-0.3, -0.25) is 4.99 Å². The number of hydrogen-bond donors (Lipinski definition) is 0. The van der Waals surface area contributed by atoms with Crippen LogP contribution in [-0.4, -0.2) is 11.0 Å². The summed E-state index contributed by atoms with van der Waals surface area (Å²) in [6.45, 7) is 0. The summed E-state index contributed by atoms with van der Waals surface area (Å²) in [6.07, 6.45) is 14.5. The molecule has 3 aliphatic carbocycles. The van der Waals surface area contributed by atoms with Crippen LogP contribution in [0.5, 0.6) is 0 Å². The van der Waals surface area contributed by atoms with Crippen molar-refractivity contribution in [2.24, 2.45) is 16.8 Å². The van der Waals surface area contributed by atoms with E-state index in [0.717, 1.165) is 38.5 Å². The highest BCUT2D eigenvalue weighted by Gasteiger charge is 2.55. The number of halogens is 2. The largest absolute Gasteiger partial charge is 0.455 e. The molecule has 0 spiro atoms. The molecule has 0 amide bonds. The van der Waals surface area contributed by atoms with Crippen LogP contribution < -0.4 is 0 Å². The predicted octanol–water partition coefficient (Wildman–Crippen LogP) is 10.2. The minimum absolute atomic E-state index is 0.131.